The van der Waals surface area contributed by atoms with Crippen molar-refractivity contribution in [1.82, 2.24) is 4.90 Å². The molecule has 0 aromatic heterocycles. The second-order valence-corrected chi connectivity index (χ2v) is 5.09. The van der Waals surface area contributed by atoms with E-state index in [2.05, 4.69) is 18.7 Å². The first-order chi connectivity index (χ1) is 9.26. The van der Waals surface area contributed by atoms with Crippen LogP contribution in [0.1, 0.15) is 37.8 Å². The minimum absolute atomic E-state index is 0.0667. The van der Waals surface area contributed by atoms with Crippen molar-refractivity contribution in [2.75, 3.05) is 26.2 Å². The zero-order valence-corrected chi connectivity index (χ0v) is 12.0. The van der Waals surface area contributed by atoms with Crippen molar-refractivity contribution >= 4 is 0 Å². The first-order valence-electron chi connectivity index (χ1n) is 7.41. The van der Waals surface area contributed by atoms with Gasteiger partial charge in [0.15, 0.2) is 0 Å². The highest BCUT2D eigenvalue weighted by atomic mass is 19.1. The van der Waals surface area contributed by atoms with E-state index in [1.165, 1.54) is 0 Å². The summed E-state index contributed by atoms with van der Waals surface area (Å²) in [6, 6.07) is 3.33. The molecule has 0 atom stereocenters. The minimum Gasteiger partial charge on any atom is -0.493 e. The van der Waals surface area contributed by atoms with Gasteiger partial charge in [-0.1, -0.05) is 13.8 Å². The van der Waals surface area contributed by atoms with Crippen LogP contribution in [-0.4, -0.2) is 31.1 Å². The normalized spacial score (nSPS) is 13.9. The molecular formula is C16H24FNO. The van der Waals surface area contributed by atoms with Gasteiger partial charge in [0.05, 0.1) is 6.61 Å². The molecule has 0 fully saturated rings. The Morgan fingerprint density at radius 3 is 2.63 bits per heavy atom. The van der Waals surface area contributed by atoms with E-state index < -0.39 is 0 Å². The van der Waals surface area contributed by atoms with E-state index in [0.29, 0.717) is 6.61 Å². The first kappa shape index (κ1) is 14.3. The summed E-state index contributed by atoms with van der Waals surface area (Å²) >= 11 is 0. The zero-order valence-electron chi connectivity index (χ0n) is 12.0. The van der Waals surface area contributed by atoms with E-state index in [1.54, 1.807) is 12.1 Å². The lowest BCUT2D eigenvalue weighted by atomic mass is 10.1. The Kier molecular flexibility index (Phi) is 5.20. The SMILES string of the molecule is CCN(CC)CCCOc1ccc(F)c2c1CCC2. The highest BCUT2D eigenvalue weighted by Crippen LogP contribution is 2.32. The monoisotopic (exact) mass is 265 g/mol. The number of rotatable bonds is 7. The zero-order chi connectivity index (χ0) is 13.7. The van der Waals surface area contributed by atoms with Crippen LogP contribution in [-0.2, 0) is 12.8 Å². The summed E-state index contributed by atoms with van der Waals surface area (Å²) in [7, 11) is 0. The van der Waals surface area contributed by atoms with E-state index in [1.807, 2.05) is 0 Å². The van der Waals surface area contributed by atoms with Gasteiger partial charge in [0.25, 0.3) is 0 Å². The molecule has 2 nitrogen and oxygen atoms in total. The fourth-order valence-corrected chi connectivity index (χ4v) is 2.77. The fraction of sp³-hybridized carbons (Fsp3) is 0.625. The number of hydrogen-bond donors (Lipinski definition) is 0. The molecule has 1 aliphatic carbocycles. The minimum atomic E-state index is -0.0667. The van der Waals surface area contributed by atoms with Crippen LogP contribution in [0.5, 0.6) is 5.75 Å². The number of halogens is 1. The van der Waals surface area contributed by atoms with Gasteiger partial charge in [-0.25, -0.2) is 4.39 Å². The molecule has 0 aliphatic heterocycles. The topological polar surface area (TPSA) is 12.5 Å². The molecule has 1 aromatic rings. The van der Waals surface area contributed by atoms with Crippen molar-refractivity contribution in [1.29, 1.82) is 0 Å². The van der Waals surface area contributed by atoms with Gasteiger partial charge in [0.1, 0.15) is 11.6 Å². The summed E-state index contributed by atoms with van der Waals surface area (Å²) in [4.78, 5) is 2.39. The lowest BCUT2D eigenvalue weighted by molar-refractivity contribution is 0.248. The third kappa shape index (κ3) is 3.47. The molecule has 0 amide bonds. The summed E-state index contributed by atoms with van der Waals surface area (Å²) in [6.07, 6.45) is 3.89. The first-order valence-corrected chi connectivity index (χ1v) is 7.41. The molecule has 0 spiro atoms. The molecule has 1 aromatic carbocycles. The predicted octanol–water partition coefficient (Wildman–Crippen LogP) is 3.43. The van der Waals surface area contributed by atoms with Crippen LogP contribution in [0.25, 0.3) is 0 Å². The van der Waals surface area contributed by atoms with Crippen molar-refractivity contribution in [2.24, 2.45) is 0 Å². The molecule has 0 unspecified atom stereocenters. The summed E-state index contributed by atoms with van der Waals surface area (Å²) < 4.78 is 19.4. The molecule has 2 rings (SSSR count). The van der Waals surface area contributed by atoms with Gasteiger partial charge in [0.2, 0.25) is 0 Å². The third-order valence-corrected chi connectivity index (χ3v) is 3.96. The van der Waals surface area contributed by atoms with Gasteiger partial charge in [0, 0.05) is 12.1 Å². The molecule has 106 valence electrons. The van der Waals surface area contributed by atoms with Gasteiger partial charge in [-0.05, 0) is 56.5 Å². The highest BCUT2D eigenvalue weighted by molar-refractivity contribution is 5.43. The van der Waals surface area contributed by atoms with Crippen molar-refractivity contribution in [2.45, 2.75) is 39.5 Å². The van der Waals surface area contributed by atoms with Crippen molar-refractivity contribution < 1.29 is 9.13 Å². The number of ether oxygens (including phenoxy) is 1. The van der Waals surface area contributed by atoms with Gasteiger partial charge in [-0.3, -0.25) is 0 Å². The van der Waals surface area contributed by atoms with Gasteiger partial charge in [-0.2, -0.15) is 0 Å². The number of benzene rings is 1. The van der Waals surface area contributed by atoms with Crippen LogP contribution >= 0.6 is 0 Å². The summed E-state index contributed by atoms with van der Waals surface area (Å²) in [5.74, 6) is 0.830. The molecule has 0 heterocycles. The lowest BCUT2D eigenvalue weighted by Crippen LogP contribution is -2.25. The van der Waals surface area contributed by atoms with Gasteiger partial charge in [-0.15, -0.1) is 0 Å². The quantitative estimate of drug-likeness (QED) is 0.700. The Labute approximate surface area is 115 Å². The maximum atomic E-state index is 13.6. The van der Waals surface area contributed by atoms with E-state index in [-0.39, 0.29) is 5.82 Å². The van der Waals surface area contributed by atoms with Crippen molar-refractivity contribution in [3.8, 4) is 5.75 Å². The predicted molar refractivity (Wildman–Crippen MR) is 76.3 cm³/mol. The summed E-state index contributed by atoms with van der Waals surface area (Å²) in [6.45, 7) is 8.31. The molecule has 0 bridgehead atoms. The summed E-state index contributed by atoms with van der Waals surface area (Å²) in [5.41, 5.74) is 1.98. The number of hydrogen-bond acceptors (Lipinski definition) is 2. The highest BCUT2D eigenvalue weighted by Gasteiger charge is 2.19. The fourth-order valence-electron chi connectivity index (χ4n) is 2.77. The van der Waals surface area contributed by atoms with Crippen LogP contribution in [0.4, 0.5) is 4.39 Å². The van der Waals surface area contributed by atoms with Crippen LogP contribution in [0.15, 0.2) is 12.1 Å². The molecule has 0 saturated carbocycles. The molecule has 0 radical (unpaired) electrons. The third-order valence-electron chi connectivity index (χ3n) is 3.96. The second-order valence-electron chi connectivity index (χ2n) is 5.09. The standard InChI is InChI=1S/C16H24FNO/c1-3-18(4-2)11-6-12-19-16-10-9-15(17)13-7-5-8-14(13)16/h9-10H,3-8,11-12H2,1-2H3. The van der Waals surface area contributed by atoms with E-state index >= 15 is 0 Å². The Hall–Kier alpha value is -1.09. The van der Waals surface area contributed by atoms with Crippen LogP contribution < -0.4 is 4.74 Å². The average Bonchev–Trinajstić information content (AvgIpc) is 2.91. The lowest BCUT2D eigenvalue weighted by Gasteiger charge is -2.18. The molecule has 3 heteroatoms. The molecule has 0 N–H and O–H groups in total. The second kappa shape index (κ2) is 6.90. The van der Waals surface area contributed by atoms with Crippen LogP contribution in [0.2, 0.25) is 0 Å². The van der Waals surface area contributed by atoms with Crippen LogP contribution in [0, 0.1) is 5.82 Å². The maximum Gasteiger partial charge on any atom is 0.126 e. The Morgan fingerprint density at radius 2 is 1.89 bits per heavy atom. The van der Waals surface area contributed by atoms with E-state index in [0.717, 1.165) is 62.2 Å². The summed E-state index contributed by atoms with van der Waals surface area (Å²) in [5, 5.41) is 0. The van der Waals surface area contributed by atoms with Crippen molar-refractivity contribution in [3.63, 3.8) is 0 Å². The maximum absolute atomic E-state index is 13.6. The Bertz CT molecular complexity index is 415. The van der Waals surface area contributed by atoms with Crippen molar-refractivity contribution in [3.05, 3.63) is 29.1 Å². The smallest absolute Gasteiger partial charge is 0.126 e. The number of nitrogens with zero attached hydrogens (tertiary/aromatic N) is 1. The van der Waals surface area contributed by atoms with Crippen LogP contribution in [0.3, 0.4) is 0 Å². The molecule has 0 saturated heterocycles. The Morgan fingerprint density at radius 1 is 1.16 bits per heavy atom. The van der Waals surface area contributed by atoms with Gasteiger partial charge >= 0.3 is 0 Å². The van der Waals surface area contributed by atoms with E-state index in [4.69, 9.17) is 4.74 Å². The largest absolute Gasteiger partial charge is 0.493 e. The van der Waals surface area contributed by atoms with E-state index in [9.17, 15) is 4.39 Å². The molecule has 1 aliphatic rings. The number of fused-ring (bicyclic) bond motifs is 1. The average molecular weight is 265 g/mol. The van der Waals surface area contributed by atoms with Gasteiger partial charge < -0.3 is 9.64 Å². The molecular weight excluding hydrogens is 241 g/mol. The Balaban J connectivity index is 1.86. The molecule has 19 heavy (non-hydrogen) atoms.